The van der Waals surface area contributed by atoms with E-state index in [2.05, 4.69) is 0 Å². The molecule has 0 spiro atoms. The summed E-state index contributed by atoms with van der Waals surface area (Å²) in [5.41, 5.74) is 6.92. The summed E-state index contributed by atoms with van der Waals surface area (Å²) in [5.74, 6) is -1.06. The standard InChI is InChI=1S/C13H18F2N2O2/c14-5-7-17(8-6-15)11-3-1-10(2-4-11)9-12(16)13(18)19/h1-4,12H,5-9,16H2,(H,18,19)/t12-/m1/s1. The van der Waals surface area contributed by atoms with E-state index >= 15 is 0 Å². The number of nitrogens with zero attached hydrogens (tertiary/aromatic N) is 1. The summed E-state index contributed by atoms with van der Waals surface area (Å²) in [6.45, 7) is -0.826. The molecule has 1 aromatic rings. The molecule has 0 heterocycles. The lowest BCUT2D eigenvalue weighted by atomic mass is 10.1. The Bertz CT molecular complexity index is 392. The molecule has 1 atom stereocenters. The Morgan fingerprint density at radius 1 is 1.21 bits per heavy atom. The van der Waals surface area contributed by atoms with Gasteiger partial charge in [-0.2, -0.15) is 0 Å². The quantitative estimate of drug-likeness (QED) is 0.750. The largest absolute Gasteiger partial charge is 0.480 e. The van der Waals surface area contributed by atoms with Crippen LogP contribution in [-0.4, -0.2) is 43.6 Å². The maximum atomic E-state index is 12.3. The summed E-state index contributed by atoms with van der Waals surface area (Å²) in [6.07, 6.45) is 0.224. The van der Waals surface area contributed by atoms with Crippen molar-refractivity contribution in [1.82, 2.24) is 0 Å². The van der Waals surface area contributed by atoms with Crippen LogP contribution in [0.25, 0.3) is 0 Å². The third kappa shape index (κ3) is 4.82. The number of carbonyl (C=O) groups is 1. The first-order valence-electron chi connectivity index (χ1n) is 6.02. The van der Waals surface area contributed by atoms with Crippen molar-refractivity contribution in [3.05, 3.63) is 29.8 Å². The Kier molecular flexibility index (Phi) is 6.21. The molecule has 6 heteroatoms. The highest BCUT2D eigenvalue weighted by atomic mass is 19.1. The van der Waals surface area contributed by atoms with Crippen LogP contribution in [-0.2, 0) is 11.2 Å². The van der Waals surface area contributed by atoms with E-state index < -0.39 is 25.4 Å². The van der Waals surface area contributed by atoms with E-state index in [4.69, 9.17) is 10.8 Å². The Balaban J connectivity index is 2.71. The summed E-state index contributed by atoms with van der Waals surface area (Å²) in [5, 5.41) is 8.71. The van der Waals surface area contributed by atoms with Crippen LogP contribution in [0.1, 0.15) is 5.56 Å². The molecule has 4 nitrogen and oxygen atoms in total. The molecule has 0 saturated carbocycles. The highest BCUT2D eigenvalue weighted by molar-refractivity contribution is 5.73. The second kappa shape index (κ2) is 7.68. The number of anilines is 1. The molecule has 0 saturated heterocycles. The zero-order chi connectivity index (χ0) is 14.3. The zero-order valence-electron chi connectivity index (χ0n) is 10.6. The number of hydrogen-bond donors (Lipinski definition) is 2. The van der Waals surface area contributed by atoms with Gasteiger partial charge >= 0.3 is 5.97 Å². The Hall–Kier alpha value is -1.69. The van der Waals surface area contributed by atoms with Gasteiger partial charge in [0.2, 0.25) is 0 Å². The van der Waals surface area contributed by atoms with Crippen molar-refractivity contribution in [3.8, 4) is 0 Å². The number of nitrogens with two attached hydrogens (primary N) is 1. The molecule has 0 unspecified atom stereocenters. The van der Waals surface area contributed by atoms with Crippen LogP contribution in [0.3, 0.4) is 0 Å². The van der Waals surface area contributed by atoms with Crippen LogP contribution in [0.15, 0.2) is 24.3 Å². The van der Waals surface area contributed by atoms with Crippen molar-refractivity contribution in [1.29, 1.82) is 0 Å². The van der Waals surface area contributed by atoms with E-state index in [0.717, 1.165) is 5.56 Å². The lowest BCUT2D eigenvalue weighted by molar-refractivity contribution is -0.138. The fourth-order valence-corrected chi connectivity index (χ4v) is 1.76. The minimum absolute atomic E-state index is 0.137. The summed E-state index contributed by atoms with van der Waals surface area (Å²) < 4.78 is 24.7. The minimum Gasteiger partial charge on any atom is -0.480 e. The summed E-state index contributed by atoms with van der Waals surface area (Å²) in [7, 11) is 0. The average molecular weight is 272 g/mol. The molecule has 0 aliphatic heterocycles. The maximum Gasteiger partial charge on any atom is 0.320 e. The van der Waals surface area contributed by atoms with Crippen LogP contribution >= 0.6 is 0 Å². The summed E-state index contributed by atoms with van der Waals surface area (Å²) in [6, 6.07) is 5.94. The zero-order valence-corrected chi connectivity index (χ0v) is 10.6. The molecule has 0 aromatic heterocycles. The second-order valence-corrected chi connectivity index (χ2v) is 4.18. The number of alkyl halides is 2. The van der Waals surface area contributed by atoms with Gasteiger partial charge in [0.25, 0.3) is 0 Å². The predicted octanol–water partition coefficient (Wildman–Crippen LogP) is 1.39. The number of aliphatic carboxylic acids is 1. The third-order valence-electron chi connectivity index (χ3n) is 2.78. The number of benzene rings is 1. The molecule has 0 aliphatic rings. The summed E-state index contributed by atoms with van der Waals surface area (Å²) in [4.78, 5) is 12.2. The van der Waals surface area contributed by atoms with Crippen LogP contribution in [0.2, 0.25) is 0 Å². The van der Waals surface area contributed by atoms with Crippen molar-refractivity contribution >= 4 is 11.7 Å². The predicted molar refractivity (Wildman–Crippen MR) is 69.9 cm³/mol. The molecule has 1 aromatic carbocycles. The minimum atomic E-state index is -1.06. The monoisotopic (exact) mass is 272 g/mol. The van der Waals surface area contributed by atoms with Gasteiger partial charge in [0.15, 0.2) is 0 Å². The van der Waals surface area contributed by atoms with Crippen LogP contribution < -0.4 is 10.6 Å². The van der Waals surface area contributed by atoms with E-state index in [9.17, 15) is 13.6 Å². The SMILES string of the molecule is N[C@H](Cc1ccc(N(CCF)CCF)cc1)C(=O)O. The smallest absolute Gasteiger partial charge is 0.320 e. The summed E-state index contributed by atoms with van der Waals surface area (Å²) >= 11 is 0. The lowest BCUT2D eigenvalue weighted by Crippen LogP contribution is -2.32. The van der Waals surface area contributed by atoms with Gasteiger partial charge in [-0.25, -0.2) is 8.78 Å². The molecule has 1 rings (SSSR count). The molecule has 0 amide bonds. The molecule has 0 radical (unpaired) electrons. The van der Waals surface area contributed by atoms with E-state index in [1.165, 1.54) is 0 Å². The van der Waals surface area contributed by atoms with Gasteiger partial charge in [0.1, 0.15) is 19.4 Å². The van der Waals surface area contributed by atoms with Crippen LogP contribution in [0.4, 0.5) is 14.5 Å². The maximum absolute atomic E-state index is 12.3. The van der Waals surface area contributed by atoms with E-state index in [1.54, 1.807) is 29.2 Å². The molecule has 0 bridgehead atoms. The van der Waals surface area contributed by atoms with Gasteiger partial charge in [-0.3, -0.25) is 4.79 Å². The van der Waals surface area contributed by atoms with Gasteiger partial charge in [0, 0.05) is 18.8 Å². The number of rotatable bonds is 8. The molecule has 0 aliphatic carbocycles. The van der Waals surface area contributed by atoms with Crippen LogP contribution in [0, 0.1) is 0 Å². The highest BCUT2D eigenvalue weighted by Crippen LogP contribution is 2.16. The van der Waals surface area contributed by atoms with Crippen molar-refractivity contribution in [2.45, 2.75) is 12.5 Å². The number of halogens is 2. The molecular weight excluding hydrogens is 254 g/mol. The fraction of sp³-hybridized carbons (Fsp3) is 0.462. The number of carboxylic acid groups (broad SMARTS) is 1. The normalized spacial score (nSPS) is 12.2. The number of hydrogen-bond acceptors (Lipinski definition) is 3. The first kappa shape index (κ1) is 15.4. The average Bonchev–Trinajstić information content (AvgIpc) is 2.39. The molecule has 3 N–H and O–H groups in total. The van der Waals surface area contributed by atoms with Gasteiger partial charge in [-0.1, -0.05) is 12.1 Å². The lowest BCUT2D eigenvalue weighted by Gasteiger charge is -2.22. The first-order chi connectivity index (χ1) is 9.08. The highest BCUT2D eigenvalue weighted by Gasteiger charge is 2.12. The molecular formula is C13H18F2N2O2. The van der Waals surface area contributed by atoms with Gasteiger partial charge in [-0.15, -0.1) is 0 Å². The van der Waals surface area contributed by atoms with Gasteiger partial charge in [-0.05, 0) is 24.1 Å². The van der Waals surface area contributed by atoms with Gasteiger partial charge in [0.05, 0.1) is 0 Å². The fourth-order valence-electron chi connectivity index (χ4n) is 1.76. The van der Waals surface area contributed by atoms with Crippen LogP contribution in [0.5, 0.6) is 0 Å². The van der Waals surface area contributed by atoms with E-state index in [1.807, 2.05) is 0 Å². The number of carboxylic acids is 1. The van der Waals surface area contributed by atoms with Gasteiger partial charge < -0.3 is 15.7 Å². The van der Waals surface area contributed by atoms with Crippen molar-refractivity contribution in [2.24, 2.45) is 5.73 Å². The molecule has 19 heavy (non-hydrogen) atoms. The van der Waals surface area contributed by atoms with Crippen molar-refractivity contribution < 1.29 is 18.7 Å². The topological polar surface area (TPSA) is 66.6 Å². The van der Waals surface area contributed by atoms with Crippen molar-refractivity contribution in [3.63, 3.8) is 0 Å². The third-order valence-corrected chi connectivity index (χ3v) is 2.78. The Morgan fingerprint density at radius 2 is 1.74 bits per heavy atom. The Morgan fingerprint density at radius 3 is 2.16 bits per heavy atom. The van der Waals surface area contributed by atoms with E-state index in [-0.39, 0.29) is 19.5 Å². The Labute approximate surface area is 110 Å². The van der Waals surface area contributed by atoms with E-state index in [0.29, 0.717) is 5.69 Å². The molecule has 0 fully saturated rings. The van der Waals surface area contributed by atoms with Crippen molar-refractivity contribution in [2.75, 3.05) is 31.3 Å². The second-order valence-electron chi connectivity index (χ2n) is 4.18. The first-order valence-corrected chi connectivity index (χ1v) is 6.02. The molecule has 106 valence electrons.